The van der Waals surface area contributed by atoms with E-state index in [-0.39, 0.29) is 35.0 Å². The highest BCUT2D eigenvalue weighted by Gasteiger charge is 2.33. The van der Waals surface area contributed by atoms with E-state index in [9.17, 15) is 18.0 Å². The number of carbonyl (C=O) groups is 2. The van der Waals surface area contributed by atoms with E-state index in [1.54, 1.807) is 25.2 Å². The van der Waals surface area contributed by atoms with Crippen molar-refractivity contribution < 1.29 is 18.0 Å². The molecule has 2 aromatic carbocycles. The predicted octanol–water partition coefficient (Wildman–Crippen LogP) is 2.77. The summed E-state index contributed by atoms with van der Waals surface area (Å²) in [5.74, 6) is -0.757. The minimum atomic E-state index is -3.71. The van der Waals surface area contributed by atoms with E-state index in [0.717, 1.165) is 22.4 Å². The highest BCUT2D eigenvalue weighted by Crippen LogP contribution is 2.24. The SMILES string of the molecule is Cc1cc(C)c(NC(=O)CN(C)C(=O)[C@@H](N=C2NS(=O)(=O)c3ccccc32)C(C)C)c(C)c1. The third-order valence-corrected chi connectivity index (χ3v) is 6.91. The Bertz CT molecular complexity index is 1210. The van der Waals surface area contributed by atoms with Crippen molar-refractivity contribution in [1.82, 2.24) is 9.62 Å². The normalized spacial score (nSPS) is 16.3. The highest BCUT2D eigenvalue weighted by atomic mass is 32.2. The van der Waals surface area contributed by atoms with Crippen LogP contribution in [0.3, 0.4) is 0 Å². The number of amidine groups is 1. The Morgan fingerprint density at radius 3 is 2.30 bits per heavy atom. The van der Waals surface area contributed by atoms with Gasteiger partial charge in [-0.3, -0.25) is 19.3 Å². The Morgan fingerprint density at radius 2 is 1.70 bits per heavy atom. The summed E-state index contributed by atoms with van der Waals surface area (Å²) in [6.07, 6.45) is 0. The van der Waals surface area contributed by atoms with Crippen molar-refractivity contribution >= 4 is 33.4 Å². The van der Waals surface area contributed by atoms with Crippen molar-refractivity contribution in [3.63, 3.8) is 0 Å². The van der Waals surface area contributed by atoms with E-state index in [1.807, 2.05) is 46.8 Å². The number of nitrogens with one attached hydrogen (secondary N) is 2. The zero-order chi connectivity index (χ0) is 24.5. The van der Waals surface area contributed by atoms with Crippen LogP contribution in [0.2, 0.25) is 0 Å². The van der Waals surface area contributed by atoms with Gasteiger partial charge in [0.2, 0.25) is 11.8 Å². The predicted molar refractivity (Wildman–Crippen MR) is 129 cm³/mol. The molecule has 176 valence electrons. The molecule has 3 rings (SSSR count). The Balaban J connectivity index is 1.78. The number of aliphatic imine (C=N–C) groups is 1. The number of anilines is 1. The summed E-state index contributed by atoms with van der Waals surface area (Å²) >= 11 is 0. The van der Waals surface area contributed by atoms with Crippen LogP contribution in [0, 0.1) is 26.7 Å². The maximum absolute atomic E-state index is 13.2. The van der Waals surface area contributed by atoms with Gasteiger partial charge in [0.05, 0.1) is 11.4 Å². The average molecular weight is 471 g/mol. The number of carbonyl (C=O) groups excluding carboxylic acids is 2. The van der Waals surface area contributed by atoms with Crippen molar-refractivity contribution in [1.29, 1.82) is 0 Å². The first-order valence-electron chi connectivity index (χ1n) is 10.7. The molecule has 0 unspecified atom stereocenters. The topological polar surface area (TPSA) is 108 Å². The van der Waals surface area contributed by atoms with Crippen LogP contribution < -0.4 is 10.0 Å². The van der Waals surface area contributed by atoms with E-state index in [4.69, 9.17) is 0 Å². The number of nitrogens with zero attached hydrogens (tertiary/aromatic N) is 2. The van der Waals surface area contributed by atoms with Crippen LogP contribution in [0.5, 0.6) is 0 Å². The molecule has 1 aliphatic heterocycles. The lowest BCUT2D eigenvalue weighted by molar-refractivity contribution is -0.135. The van der Waals surface area contributed by atoms with Gasteiger partial charge in [0, 0.05) is 18.3 Å². The summed E-state index contributed by atoms with van der Waals surface area (Å²) in [6, 6.07) is 9.63. The molecule has 9 heteroatoms. The van der Waals surface area contributed by atoms with Crippen molar-refractivity contribution in [2.75, 3.05) is 18.9 Å². The fourth-order valence-corrected chi connectivity index (χ4v) is 5.17. The number of likely N-dealkylation sites (N-methyl/N-ethyl adjacent to an activating group) is 1. The molecule has 0 saturated carbocycles. The monoisotopic (exact) mass is 470 g/mol. The Labute approximate surface area is 195 Å². The zero-order valence-electron chi connectivity index (χ0n) is 19.8. The van der Waals surface area contributed by atoms with Crippen LogP contribution in [0.4, 0.5) is 5.69 Å². The van der Waals surface area contributed by atoms with Gasteiger partial charge in [-0.25, -0.2) is 8.42 Å². The lowest BCUT2D eigenvalue weighted by Gasteiger charge is -2.24. The Morgan fingerprint density at radius 1 is 1.09 bits per heavy atom. The van der Waals surface area contributed by atoms with E-state index >= 15 is 0 Å². The lowest BCUT2D eigenvalue weighted by atomic mass is 10.0. The summed E-state index contributed by atoms with van der Waals surface area (Å²) in [5.41, 5.74) is 4.19. The van der Waals surface area contributed by atoms with Crippen molar-refractivity contribution in [3.05, 3.63) is 58.7 Å². The number of aryl methyl sites for hydroxylation is 3. The van der Waals surface area contributed by atoms with Crippen LogP contribution >= 0.6 is 0 Å². The quantitative estimate of drug-likeness (QED) is 0.677. The van der Waals surface area contributed by atoms with E-state index < -0.39 is 16.1 Å². The lowest BCUT2D eigenvalue weighted by Crippen LogP contribution is -2.43. The fraction of sp³-hybridized carbons (Fsp3) is 0.375. The molecule has 33 heavy (non-hydrogen) atoms. The average Bonchev–Trinajstić information content (AvgIpc) is 2.98. The summed E-state index contributed by atoms with van der Waals surface area (Å²) in [6.45, 7) is 9.35. The van der Waals surface area contributed by atoms with Gasteiger partial charge in [0.1, 0.15) is 11.9 Å². The number of hydrogen-bond acceptors (Lipinski definition) is 5. The van der Waals surface area contributed by atoms with Gasteiger partial charge in [0.25, 0.3) is 10.0 Å². The molecule has 0 spiro atoms. The fourth-order valence-electron chi connectivity index (χ4n) is 3.93. The molecule has 1 aliphatic rings. The molecule has 8 nitrogen and oxygen atoms in total. The molecular weight excluding hydrogens is 440 g/mol. The van der Waals surface area contributed by atoms with Crippen molar-refractivity contribution in [3.8, 4) is 0 Å². The number of rotatable bonds is 6. The summed E-state index contributed by atoms with van der Waals surface area (Å²) in [4.78, 5) is 31.8. The van der Waals surface area contributed by atoms with Gasteiger partial charge in [-0.05, 0) is 49.9 Å². The molecule has 2 N–H and O–H groups in total. The number of amides is 2. The molecule has 0 radical (unpaired) electrons. The highest BCUT2D eigenvalue weighted by molar-refractivity contribution is 7.90. The largest absolute Gasteiger partial charge is 0.335 e. The van der Waals surface area contributed by atoms with Gasteiger partial charge in [-0.2, -0.15) is 0 Å². The second-order valence-corrected chi connectivity index (χ2v) is 10.4. The van der Waals surface area contributed by atoms with Gasteiger partial charge in [0.15, 0.2) is 0 Å². The molecule has 0 aromatic heterocycles. The standard InChI is InChI=1S/C24H30N4O4S/c1-14(2)21(26-23-18-9-7-8-10-19(18)33(31,32)27-23)24(30)28(6)13-20(29)25-22-16(4)11-15(3)12-17(22)5/h7-12,14,21H,13H2,1-6H3,(H,25,29)(H,26,27)/t21-/m0/s1. The first kappa shape index (κ1) is 24.4. The maximum Gasteiger partial charge on any atom is 0.263 e. The van der Waals surface area contributed by atoms with Crippen LogP contribution in [-0.4, -0.2) is 50.6 Å². The second kappa shape index (κ2) is 9.35. The molecule has 0 bridgehead atoms. The van der Waals surface area contributed by atoms with E-state index in [1.165, 1.54) is 11.0 Å². The number of benzene rings is 2. The van der Waals surface area contributed by atoms with E-state index in [2.05, 4.69) is 15.0 Å². The molecule has 2 aromatic rings. The van der Waals surface area contributed by atoms with Gasteiger partial charge >= 0.3 is 0 Å². The zero-order valence-corrected chi connectivity index (χ0v) is 20.6. The van der Waals surface area contributed by atoms with Crippen LogP contribution in [-0.2, 0) is 19.6 Å². The number of sulfonamides is 1. The van der Waals surface area contributed by atoms with Crippen LogP contribution in [0.15, 0.2) is 46.3 Å². The van der Waals surface area contributed by atoms with Crippen LogP contribution in [0.1, 0.15) is 36.1 Å². The first-order chi connectivity index (χ1) is 15.4. The number of fused-ring (bicyclic) bond motifs is 1. The molecule has 0 aliphatic carbocycles. The minimum Gasteiger partial charge on any atom is -0.335 e. The maximum atomic E-state index is 13.2. The summed E-state index contributed by atoms with van der Waals surface area (Å²) < 4.78 is 27.2. The summed E-state index contributed by atoms with van der Waals surface area (Å²) in [7, 11) is -2.17. The van der Waals surface area contributed by atoms with E-state index in [0.29, 0.717) is 5.56 Å². The Hall–Kier alpha value is -3.20. The third-order valence-electron chi connectivity index (χ3n) is 5.51. The minimum absolute atomic E-state index is 0.135. The van der Waals surface area contributed by atoms with Crippen LogP contribution in [0.25, 0.3) is 0 Å². The summed E-state index contributed by atoms with van der Waals surface area (Å²) in [5, 5.41) is 2.90. The Kier molecular flexibility index (Phi) is 6.92. The van der Waals surface area contributed by atoms with Gasteiger partial charge in [-0.15, -0.1) is 0 Å². The third kappa shape index (κ3) is 5.24. The molecule has 0 fully saturated rings. The first-order valence-corrected chi connectivity index (χ1v) is 12.2. The second-order valence-electron chi connectivity index (χ2n) is 8.78. The smallest absolute Gasteiger partial charge is 0.263 e. The van der Waals surface area contributed by atoms with Gasteiger partial charge < -0.3 is 10.2 Å². The molecule has 2 amide bonds. The van der Waals surface area contributed by atoms with Crippen molar-refractivity contribution in [2.24, 2.45) is 10.9 Å². The van der Waals surface area contributed by atoms with Gasteiger partial charge in [-0.1, -0.05) is 43.7 Å². The molecule has 1 heterocycles. The number of hydrogen-bond donors (Lipinski definition) is 2. The molecule has 1 atom stereocenters. The molecular formula is C24H30N4O4S. The molecule has 0 saturated heterocycles. The van der Waals surface area contributed by atoms with Crippen molar-refractivity contribution in [2.45, 2.75) is 45.6 Å².